The van der Waals surface area contributed by atoms with E-state index in [1.165, 1.54) is 7.11 Å². The fraction of sp³-hybridized carbons (Fsp3) is 0.476. The quantitative estimate of drug-likeness (QED) is 0.694. The number of carbonyl (C=O) groups is 2. The molecule has 1 aromatic carbocycles. The van der Waals surface area contributed by atoms with Crippen molar-refractivity contribution in [2.45, 2.75) is 39.3 Å². The number of carbonyl (C=O) groups excluding carboxylic acids is 2. The third kappa shape index (κ3) is 5.07. The first kappa shape index (κ1) is 20.7. The zero-order chi connectivity index (χ0) is 21.0. The van der Waals surface area contributed by atoms with Crippen LogP contribution in [0.25, 0.3) is 0 Å². The maximum atomic E-state index is 13.1. The number of hydrogen-bond donors (Lipinski definition) is 1. The Kier molecular flexibility index (Phi) is 6.41. The summed E-state index contributed by atoms with van der Waals surface area (Å²) in [4.78, 5) is 27.0. The molecule has 2 aromatic rings. The van der Waals surface area contributed by atoms with Gasteiger partial charge in [-0.25, -0.2) is 0 Å². The second-order valence-corrected chi connectivity index (χ2v) is 7.52. The summed E-state index contributed by atoms with van der Waals surface area (Å²) in [6, 6.07) is 6.83. The van der Waals surface area contributed by atoms with E-state index in [0.29, 0.717) is 35.3 Å². The molecule has 0 spiro atoms. The number of aromatic nitrogens is 1. The highest BCUT2D eigenvalue weighted by Crippen LogP contribution is 2.32. The summed E-state index contributed by atoms with van der Waals surface area (Å²) < 4.78 is 15.9. The van der Waals surface area contributed by atoms with Gasteiger partial charge < -0.3 is 24.2 Å². The second-order valence-electron chi connectivity index (χ2n) is 7.52. The topological polar surface area (TPSA) is 93.9 Å². The zero-order valence-electron chi connectivity index (χ0n) is 17.2. The Morgan fingerprint density at radius 3 is 2.55 bits per heavy atom. The fourth-order valence-electron chi connectivity index (χ4n) is 2.94. The van der Waals surface area contributed by atoms with Crippen molar-refractivity contribution in [2.24, 2.45) is 5.92 Å². The van der Waals surface area contributed by atoms with Crippen LogP contribution < -0.4 is 14.8 Å². The van der Waals surface area contributed by atoms with Gasteiger partial charge in [0.1, 0.15) is 0 Å². The summed E-state index contributed by atoms with van der Waals surface area (Å²) in [7, 11) is 3.08. The van der Waals surface area contributed by atoms with E-state index in [4.69, 9.17) is 14.0 Å². The molecule has 1 aromatic heterocycles. The van der Waals surface area contributed by atoms with Crippen molar-refractivity contribution in [3.05, 3.63) is 41.3 Å². The lowest BCUT2D eigenvalue weighted by Gasteiger charge is -2.21. The molecule has 0 atom stereocenters. The lowest BCUT2D eigenvalue weighted by molar-refractivity contribution is 0.0712. The molecule has 8 nitrogen and oxygen atoms in total. The molecule has 1 aliphatic carbocycles. The van der Waals surface area contributed by atoms with E-state index in [1.807, 2.05) is 13.8 Å². The van der Waals surface area contributed by atoms with E-state index in [1.54, 1.807) is 36.3 Å². The molecular formula is C21H27N3O5. The molecule has 0 aliphatic heterocycles. The Hall–Kier alpha value is -3.03. The van der Waals surface area contributed by atoms with Crippen molar-refractivity contribution in [3.8, 4) is 11.5 Å². The maximum absolute atomic E-state index is 13.1. The predicted octanol–water partition coefficient (Wildman–Crippen LogP) is 2.88. The highest BCUT2D eigenvalue weighted by molar-refractivity contribution is 5.95. The minimum Gasteiger partial charge on any atom is -0.493 e. The molecule has 1 aliphatic rings. The first-order valence-corrected chi connectivity index (χ1v) is 9.69. The van der Waals surface area contributed by atoms with Gasteiger partial charge in [-0.1, -0.05) is 19.0 Å². The number of rotatable bonds is 9. The third-order valence-electron chi connectivity index (χ3n) is 4.67. The Labute approximate surface area is 170 Å². The number of methoxy groups -OCH3 is 2. The normalized spacial score (nSPS) is 13.3. The molecule has 0 bridgehead atoms. The highest BCUT2D eigenvalue weighted by atomic mass is 16.5. The molecule has 8 heteroatoms. The number of nitrogens with one attached hydrogen (secondary N) is 1. The van der Waals surface area contributed by atoms with Crippen LogP contribution in [0.3, 0.4) is 0 Å². The Bertz CT molecular complexity index is 873. The standard InChI is InChI=1S/C21H27N3O5/c1-13(2)11-22-20(25)17-10-16(29-23-17)12-24(15-6-7-15)21(26)14-5-8-18(27-3)19(9-14)28-4/h5,8-10,13,15H,6-7,11-12H2,1-4H3,(H,22,25). The van der Waals surface area contributed by atoms with Crippen LogP contribution in [0.15, 0.2) is 28.8 Å². The number of benzene rings is 1. The second kappa shape index (κ2) is 8.98. The van der Waals surface area contributed by atoms with Crippen molar-refractivity contribution in [2.75, 3.05) is 20.8 Å². The van der Waals surface area contributed by atoms with E-state index in [-0.39, 0.29) is 30.1 Å². The van der Waals surface area contributed by atoms with Gasteiger partial charge in [0, 0.05) is 24.2 Å². The smallest absolute Gasteiger partial charge is 0.273 e. The maximum Gasteiger partial charge on any atom is 0.273 e. The van der Waals surface area contributed by atoms with Crippen LogP contribution in [-0.4, -0.2) is 48.7 Å². The molecule has 2 amide bonds. The van der Waals surface area contributed by atoms with Gasteiger partial charge in [-0.15, -0.1) is 0 Å². The fourth-order valence-corrected chi connectivity index (χ4v) is 2.94. The summed E-state index contributed by atoms with van der Waals surface area (Å²) >= 11 is 0. The third-order valence-corrected chi connectivity index (χ3v) is 4.67. The minimum atomic E-state index is -0.280. The SMILES string of the molecule is COc1ccc(C(=O)N(Cc2cc(C(=O)NCC(C)C)no2)C2CC2)cc1OC. The summed E-state index contributed by atoms with van der Waals surface area (Å²) in [5, 5.41) is 6.65. The number of hydrogen-bond acceptors (Lipinski definition) is 6. The van der Waals surface area contributed by atoms with Crippen molar-refractivity contribution in [1.82, 2.24) is 15.4 Å². The average Bonchev–Trinajstić information content (AvgIpc) is 3.46. The first-order chi connectivity index (χ1) is 13.9. The molecule has 0 radical (unpaired) electrons. The largest absolute Gasteiger partial charge is 0.493 e. The highest BCUT2D eigenvalue weighted by Gasteiger charge is 2.34. The lowest BCUT2D eigenvalue weighted by Crippen LogP contribution is -2.32. The van der Waals surface area contributed by atoms with Gasteiger partial charge in [-0.2, -0.15) is 0 Å². The van der Waals surface area contributed by atoms with Crippen molar-refractivity contribution in [3.63, 3.8) is 0 Å². The molecular weight excluding hydrogens is 374 g/mol. The van der Waals surface area contributed by atoms with E-state index in [2.05, 4.69) is 10.5 Å². The number of nitrogens with zero attached hydrogens (tertiary/aromatic N) is 2. The van der Waals surface area contributed by atoms with Crippen LogP contribution >= 0.6 is 0 Å². The minimum absolute atomic E-state index is 0.129. The van der Waals surface area contributed by atoms with E-state index in [9.17, 15) is 9.59 Å². The number of amides is 2. The van der Waals surface area contributed by atoms with Crippen LogP contribution in [0.2, 0.25) is 0 Å². The van der Waals surface area contributed by atoms with E-state index < -0.39 is 0 Å². The molecule has 3 rings (SSSR count). The summed E-state index contributed by atoms with van der Waals surface area (Å²) in [6.45, 7) is 4.85. The summed E-state index contributed by atoms with van der Waals surface area (Å²) in [5.74, 6) is 1.47. The van der Waals surface area contributed by atoms with Gasteiger partial charge in [0.05, 0.1) is 20.8 Å². The summed E-state index contributed by atoms with van der Waals surface area (Å²) in [5.41, 5.74) is 0.721. The van der Waals surface area contributed by atoms with Crippen molar-refractivity contribution in [1.29, 1.82) is 0 Å². The van der Waals surface area contributed by atoms with Crippen molar-refractivity contribution >= 4 is 11.8 Å². The summed E-state index contributed by atoms with van der Waals surface area (Å²) in [6.07, 6.45) is 1.88. The zero-order valence-corrected chi connectivity index (χ0v) is 17.2. The van der Waals surface area contributed by atoms with Crippen molar-refractivity contribution < 1.29 is 23.6 Å². The molecule has 156 valence electrons. The van der Waals surface area contributed by atoms with Gasteiger partial charge in [-0.3, -0.25) is 9.59 Å². The molecule has 1 heterocycles. The molecule has 1 saturated carbocycles. The van der Waals surface area contributed by atoms with Gasteiger partial charge in [0.2, 0.25) is 0 Å². The molecule has 1 fully saturated rings. The predicted molar refractivity (Wildman–Crippen MR) is 106 cm³/mol. The van der Waals surface area contributed by atoms with Gasteiger partial charge >= 0.3 is 0 Å². The Balaban J connectivity index is 1.73. The van der Waals surface area contributed by atoms with Crippen LogP contribution in [0.4, 0.5) is 0 Å². The van der Waals surface area contributed by atoms with Crippen LogP contribution in [0.1, 0.15) is 53.3 Å². The first-order valence-electron chi connectivity index (χ1n) is 9.69. The Morgan fingerprint density at radius 2 is 1.93 bits per heavy atom. The monoisotopic (exact) mass is 401 g/mol. The lowest BCUT2D eigenvalue weighted by atomic mass is 10.1. The number of ether oxygens (including phenoxy) is 2. The van der Waals surface area contributed by atoms with Crippen LogP contribution in [0, 0.1) is 5.92 Å². The Morgan fingerprint density at radius 1 is 1.21 bits per heavy atom. The van der Waals surface area contributed by atoms with E-state index >= 15 is 0 Å². The molecule has 29 heavy (non-hydrogen) atoms. The molecule has 0 unspecified atom stereocenters. The van der Waals surface area contributed by atoms with Gasteiger partial charge in [-0.05, 0) is 37.0 Å². The van der Waals surface area contributed by atoms with Gasteiger partial charge in [0.15, 0.2) is 23.0 Å². The van der Waals surface area contributed by atoms with Gasteiger partial charge in [0.25, 0.3) is 11.8 Å². The average molecular weight is 401 g/mol. The van der Waals surface area contributed by atoms with Crippen LogP contribution in [-0.2, 0) is 6.54 Å². The van der Waals surface area contributed by atoms with E-state index in [0.717, 1.165) is 12.8 Å². The van der Waals surface area contributed by atoms with Crippen LogP contribution in [0.5, 0.6) is 11.5 Å². The molecule has 1 N–H and O–H groups in total. The molecule has 0 saturated heterocycles.